The normalized spacial score (nSPS) is 8.29. The molecule has 4 heteroatoms. The van der Waals surface area contributed by atoms with Crippen LogP contribution in [-0.4, -0.2) is 17.0 Å². The molecule has 1 aromatic rings. The number of aliphatic carboxylic acids is 1. The summed E-state index contributed by atoms with van der Waals surface area (Å²) in [4.78, 5) is 20.2. The first-order valence-corrected chi connectivity index (χ1v) is 4.75. The summed E-state index contributed by atoms with van der Waals surface area (Å²) in [5.41, 5.74) is 0.402. The highest BCUT2D eigenvalue weighted by Gasteiger charge is 2.03. The van der Waals surface area contributed by atoms with Crippen molar-refractivity contribution < 1.29 is 19.4 Å². The van der Waals surface area contributed by atoms with E-state index < -0.39 is 5.97 Å². The van der Waals surface area contributed by atoms with Crippen LogP contribution in [0.3, 0.4) is 0 Å². The Labute approximate surface area is 99.8 Å². The number of hydrogen-bond donors (Lipinski definition) is 1. The molecule has 17 heavy (non-hydrogen) atoms. The molecule has 1 aromatic carbocycles. The average molecular weight is 234 g/mol. The summed E-state index contributed by atoms with van der Waals surface area (Å²) in [7, 11) is 0. The lowest BCUT2D eigenvalue weighted by Crippen LogP contribution is -2.07. The van der Waals surface area contributed by atoms with E-state index in [-0.39, 0.29) is 5.97 Å². The van der Waals surface area contributed by atoms with Crippen molar-refractivity contribution in [3.05, 3.63) is 55.1 Å². The summed E-state index contributed by atoms with van der Waals surface area (Å²) in [6.45, 7) is 8.05. The van der Waals surface area contributed by atoms with Gasteiger partial charge in [0.15, 0.2) is 0 Å². The van der Waals surface area contributed by atoms with Crippen molar-refractivity contribution in [1.29, 1.82) is 0 Å². The second-order valence-electron chi connectivity index (χ2n) is 3.03. The first-order chi connectivity index (χ1) is 7.97. The van der Waals surface area contributed by atoms with Gasteiger partial charge in [0.25, 0.3) is 0 Å². The fourth-order valence-electron chi connectivity index (χ4n) is 0.683. The summed E-state index contributed by atoms with van der Waals surface area (Å²) in [6, 6.07) is 8.92. The minimum atomic E-state index is -0.981. The van der Waals surface area contributed by atoms with Crippen molar-refractivity contribution in [1.82, 2.24) is 0 Å². The lowest BCUT2D eigenvalue weighted by atomic mass is 10.3. The van der Waals surface area contributed by atoms with Gasteiger partial charge in [-0.3, -0.25) is 0 Å². The molecule has 0 saturated heterocycles. The van der Waals surface area contributed by atoms with E-state index in [1.165, 1.54) is 0 Å². The van der Waals surface area contributed by atoms with Crippen molar-refractivity contribution >= 4 is 11.9 Å². The summed E-state index contributed by atoms with van der Waals surface area (Å²) >= 11 is 0. The van der Waals surface area contributed by atoms with E-state index in [9.17, 15) is 9.59 Å². The van der Waals surface area contributed by atoms with E-state index in [0.29, 0.717) is 11.3 Å². The summed E-state index contributed by atoms with van der Waals surface area (Å²) in [5, 5.41) is 7.60. The fourth-order valence-corrected chi connectivity index (χ4v) is 0.683. The molecule has 0 heterocycles. The monoisotopic (exact) mass is 234 g/mol. The van der Waals surface area contributed by atoms with Crippen LogP contribution in [0.4, 0.5) is 0 Å². The predicted octanol–water partition coefficient (Wildman–Crippen LogP) is 2.43. The van der Waals surface area contributed by atoms with Crippen molar-refractivity contribution in [3.63, 3.8) is 0 Å². The molecule has 0 bridgehead atoms. The maximum absolute atomic E-state index is 11.0. The van der Waals surface area contributed by atoms with Gasteiger partial charge in [-0.25, -0.2) is 9.59 Å². The number of para-hydroxylation sites is 1. The average Bonchev–Trinajstić information content (AvgIpc) is 2.31. The first-order valence-electron chi connectivity index (χ1n) is 4.75. The van der Waals surface area contributed by atoms with E-state index in [2.05, 4.69) is 13.2 Å². The molecular formula is C13H14O4. The van der Waals surface area contributed by atoms with Gasteiger partial charge in [-0.15, -0.1) is 0 Å². The standard InChI is InChI=1S/C10H10O2.C3H4O2/c1-8(2)10(11)12-9-6-4-3-5-7-9;1-2-3(4)5/h3-7H,1H2,2H3;2H,1H2,(H,4,5). The number of hydrogen-bond acceptors (Lipinski definition) is 3. The first kappa shape index (κ1) is 14.6. The van der Waals surface area contributed by atoms with E-state index in [1.807, 2.05) is 6.07 Å². The maximum Gasteiger partial charge on any atom is 0.338 e. The second kappa shape index (κ2) is 7.87. The van der Waals surface area contributed by atoms with E-state index in [1.54, 1.807) is 31.2 Å². The number of benzene rings is 1. The van der Waals surface area contributed by atoms with Gasteiger partial charge in [-0.05, 0) is 19.1 Å². The zero-order chi connectivity index (χ0) is 13.3. The van der Waals surface area contributed by atoms with Crippen LogP contribution in [-0.2, 0) is 9.59 Å². The number of carbonyl (C=O) groups excluding carboxylic acids is 1. The van der Waals surface area contributed by atoms with Gasteiger partial charge in [0.1, 0.15) is 5.75 Å². The van der Waals surface area contributed by atoms with Gasteiger partial charge < -0.3 is 9.84 Å². The predicted molar refractivity (Wildman–Crippen MR) is 64.7 cm³/mol. The number of carboxylic acid groups (broad SMARTS) is 1. The molecule has 0 aliphatic carbocycles. The summed E-state index contributed by atoms with van der Waals surface area (Å²) in [5.74, 6) is -0.822. The Hall–Kier alpha value is -2.36. The number of rotatable bonds is 3. The highest BCUT2D eigenvalue weighted by atomic mass is 16.5. The van der Waals surface area contributed by atoms with Gasteiger partial charge in [0.2, 0.25) is 0 Å². The van der Waals surface area contributed by atoms with Gasteiger partial charge in [0.05, 0.1) is 0 Å². The van der Waals surface area contributed by atoms with Gasteiger partial charge in [-0.2, -0.15) is 0 Å². The Kier molecular flexibility index (Phi) is 6.78. The van der Waals surface area contributed by atoms with Gasteiger partial charge in [-0.1, -0.05) is 31.4 Å². The number of carbonyl (C=O) groups is 2. The molecule has 0 saturated carbocycles. The molecular weight excluding hydrogens is 220 g/mol. The summed E-state index contributed by atoms with van der Waals surface area (Å²) in [6.07, 6.45) is 0.833. The molecule has 90 valence electrons. The molecule has 0 amide bonds. The van der Waals surface area contributed by atoms with Gasteiger partial charge in [0, 0.05) is 11.6 Å². The maximum atomic E-state index is 11.0. The molecule has 0 radical (unpaired) electrons. The fraction of sp³-hybridized carbons (Fsp3) is 0.0769. The van der Waals surface area contributed by atoms with Crippen LogP contribution in [0, 0.1) is 0 Å². The van der Waals surface area contributed by atoms with Crippen LogP contribution in [0.1, 0.15) is 6.92 Å². The Balaban J connectivity index is 0.000000437. The molecule has 0 unspecified atom stereocenters. The molecule has 1 rings (SSSR count). The van der Waals surface area contributed by atoms with Crippen LogP contribution in [0.25, 0.3) is 0 Å². The van der Waals surface area contributed by atoms with Gasteiger partial charge >= 0.3 is 11.9 Å². The highest BCUT2D eigenvalue weighted by Crippen LogP contribution is 2.09. The Morgan fingerprint density at radius 2 is 1.76 bits per heavy atom. The van der Waals surface area contributed by atoms with Crippen LogP contribution in [0.15, 0.2) is 55.1 Å². The largest absolute Gasteiger partial charge is 0.478 e. The van der Waals surface area contributed by atoms with Crippen LogP contribution < -0.4 is 4.74 Å². The molecule has 0 aliphatic rings. The smallest absolute Gasteiger partial charge is 0.338 e. The van der Waals surface area contributed by atoms with Crippen molar-refractivity contribution in [2.45, 2.75) is 6.92 Å². The third-order valence-corrected chi connectivity index (χ3v) is 1.48. The minimum Gasteiger partial charge on any atom is -0.478 e. The van der Waals surface area contributed by atoms with Crippen LogP contribution in [0.5, 0.6) is 5.75 Å². The molecule has 0 atom stereocenters. The molecule has 0 fully saturated rings. The van der Waals surface area contributed by atoms with Crippen molar-refractivity contribution in [2.75, 3.05) is 0 Å². The summed E-state index contributed by atoms with van der Waals surface area (Å²) < 4.78 is 4.94. The molecule has 0 aromatic heterocycles. The Bertz CT molecular complexity index is 407. The third-order valence-electron chi connectivity index (χ3n) is 1.48. The number of esters is 1. The molecule has 0 aliphatic heterocycles. The third kappa shape index (κ3) is 7.56. The lowest BCUT2D eigenvalue weighted by Gasteiger charge is -2.01. The highest BCUT2D eigenvalue weighted by molar-refractivity contribution is 5.88. The van der Waals surface area contributed by atoms with Crippen LogP contribution >= 0.6 is 0 Å². The number of carboxylic acids is 1. The molecule has 1 N–H and O–H groups in total. The zero-order valence-electron chi connectivity index (χ0n) is 9.55. The minimum absolute atomic E-state index is 0.388. The Morgan fingerprint density at radius 1 is 1.29 bits per heavy atom. The van der Waals surface area contributed by atoms with Crippen molar-refractivity contribution in [2.24, 2.45) is 0 Å². The zero-order valence-corrected chi connectivity index (χ0v) is 9.55. The quantitative estimate of drug-likeness (QED) is 0.495. The van der Waals surface area contributed by atoms with E-state index in [0.717, 1.165) is 6.08 Å². The SMILES string of the molecule is C=C(C)C(=O)Oc1ccccc1.C=CC(=O)O. The van der Waals surface area contributed by atoms with E-state index in [4.69, 9.17) is 9.84 Å². The molecule has 4 nitrogen and oxygen atoms in total. The van der Waals surface area contributed by atoms with Crippen LogP contribution in [0.2, 0.25) is 0 Å². The number of ether oxygens (including phenoxy) is 1. The topological polar surface area (TPSA) is 63.6 Å². The van der Waals surface area contributed by atoms with E-state index >= 15 is 0 Å². The Morgan fingerprint density at radius 3 is 2.12 bits per heavy atom. The lowest BCUT2D eigenvalue weighted by molar-refractivity contribution is -0.131. The van der Waals surface area contributed by atoms with Crippen molar-refractivity contribution in [3.8, 4) is 5.75 Å². The second-order valence-corrected chi connectivity index (χ2v) is 3.03. The molecule has 0 spiro atoms.